The van der Waals surface area contributed by atoms with Crippen molar-refractivity contribution in [1.29, 1.82) is 0 Å². The number of allylic oxidation sites excluding steroid dienone is 2. The number of fused-ring (bicyclic) bond motifs is 1. The highest BCUT2D eigenvalue weighted by molar-refractivity contribution is 7.90. The Morgan fingerprint density at radius 1 is 1.12 bits per heavy atom. The molecular formula is C25H28N2O6S. The molecule has 1 aliphatic carbocycles. The molecule has 0 radical (unpaired) electrons. The molecule has 180 valence electrons. The van der Waals surface area contributed by atoms with E-state index in [2.05, 4.69) is 10.6 Å². The van der Waals surface area contributed by atoms with Crippen LogP contribution in [0.1, 0.15) is 64.2 Å². The Bertz CT molecular complexity index is 1290. The average molecular weight is 485 g/mol. The Morgan fingerprint density at radius 2 is 1.88 bits per heavy atom. The van der Waals surface area contributed by atoms with E-state index in [4.69, 9.17) is 4.74 Å². The molecule has 4 rings (SSSR count). The number of carbonyl (C=O) groups is 3. The first-order chi connectivity index (χ1) is 16.2. The summed E-state index contributed by atoms with van der Waals surface area (Å²) in [6, 6.07) is 7.55. The normalized spacial score (nSPS) is 16.8. The summed E-state index contributed by atoms with van der Waals surface area (Å²) in [5, 5.41) is 0. The minimum absolute atomic E-state index is 0.0165. The first-order valence-corrected chi connectivity index (χ1v) is 12.8. The second kappa shape index (κ2) is 9.58. The van der Waals surface area contributed by atoms with Gasteiger partial charge in [-0.05, 0) is 64.2 Å². The monoisotopic (exact) mass is 484 g/mol. The molecule has 9 heteroatoms. The topological polar surface area (TPSA) is 103 Å². The van der Waals surface area contributed by atoms with Crippen LogP contribution in [-0.2, 0) is 26.1 Å². The number of carbonyl (C=O) groups excluding carboxylic acids is 3. The Balaban J connectivity index is 1.36. The van der Waals surface area contributed by atoms with Gasteiger partial charge in [-0.1, -0.05) is 23.8 Å². The molecule has 2 aromatic rings. The van der Waals surface area contributed by atoms with Crippen LogP contribution in [0.25, 0.3) is 0 Å². The minimum Gasteiger partial charge on any atom is -0.456 e. The van der Waals surface area contributed by atoms with Gasteiger partial charge in [0.05, 0.1) is 5.56 Å². The van der Waals surface area contributed by atoms with E-state index in [1.54, 1.807) is 12.1 Å². The van der Waals surface area contributed by atoms with Crippen LogP contribution in [-0.4, -0.2) is 48.1 Å². The number of rotatable bonds is 8. The maximum atomic E-state index is 12.7. The zero-order valence-electron chi connectivity index (χ0n) is 19.4. The summed E-state index contributed by atoms with van der Waals surface area (Å²) in [6.45, 7) is 3.28. The van der Waals surface area contributed by atoms with Gasteiger partial charge in [-0.15, -0.1) is 0 Å². The van der Waals surface area contributed by atoms with Crippen molar-refractivity contribution in [2.75, 3.05) is 13.2 Å². The lowest BCUT2D eigenvalue weighted by atomic mass is 9.97. The number of ether oxygens (including phenoxy) is 1. The summed E-state index contributed by atoms with van der Waals surface area (Å²) in [7, 11) is -4.12. The molecule has 0 saturated carbocycles. The number of aryl methyl sites for hydroxylation is 1. The molecule has 0 N–H and O–H groups in total. The SMILES string of the molecule is Cc1cc(C(=O)COC(=O)CN2C(=O)c3ccccc3S2(=O)=O)c(C)n1CCC1=CCCCC1. The summed E-state index contributed by atoms with van der Waals surface area (Å²) in [5.74, 6) is -2.12. The van der Waals surface area contributed by atoms with E-state index < -0.39 is 35.1 Å². The lowest BCUT2D eigenvalue weighted by molar-refractivity contribution is -0.142. The predicted molar refractivity (Wildman–Crippen MR) is 125 cm³/mol. The minimum atomic E-state index is -4.12. The van der Waals surface area contributed by atoms with E-state index in [9.17, 15) is 22.8 Å². The van der Waals surface area contributed by atoms with Crippen molar-refractivity contribution in [1.82, 2.24) is 8.87 Å². The van der Waals surface area contributed by atoms with Crippen LogP contribution >= 0.6 is 0 Å². The van der Waals surface area contributed by atoms with Gasteiger partial charge in [0.25, 0.3) is 15.9 Å². The second-order valence-corrected chi connectivity index (χ2v) is 10.5. The summed E-state index contributed by atoms with van der Waals surface area (Å²) in [5.41, 5.74) is 3.70. The molecule has 1 aromatic heterocycles. The van der Waals surface area contributed by atoms with Gasteiger partial charge in [-0.25, -0.2) is 12.7 Å². The van der Waals surface area contributed by atoms with E-state index in [1.807, 2.05) is 13.8 Å². The van der Waals surface area contributed by atoms with E-state index >= 15 is 0 Å². The molecule has 0 spiro atoms. The van der Waals surface area contributed by atoms with Crippen molar-refractivity contribution in [2.24, 2.45) is 0 Å². The number of aromatic nitrogens is 1. The first-order valence-electron chi connectivity index (χ1n) is 11.4. The van der Waals surface area contributed by atoms with E-state index in [0.717, 1.165) is 37.2 Å². The third-order valence-electron chi connectivity index (χ3n) is 6.46. The number of sulfonamides is 1. The van der Waals surface area contributed by atoms with Gasteiger partial charge < -0.3 is 9.30 Å². The number of benzene rings is 1. The molecule has 0 bridgehead atoms. The Hall–Kier alpha value is -3.20. The number of Topliss-reactive ketones (excluding diaryl/α,β-unsaturated/α-hetero) is 1. The first kappa shape index (κ1) is 23.9. The summed E-state index contributed by atoms with van der Waals surface area (Å²) >= 11 is 0. The largest absolute Gasteiger partial charge is 0.456 e. The molecular weight excluding hydrogens is 456 g/mol. The van der Waals surface area contributed by atoms with Crippen LogP contribution in [0.4, 0.5) is 0 Å². The van der Waals surface area contributed by atoms with Crippen molar-refractivity contribution in [3.8, 4) is 0 Å². The Labute approximate surface area is 199 Å². The van der Waals surface area contributed by atoms with E-state index in [1.165, 1.54) is 36.6 Å². The maximum absolute atomic E-state index is 12.7. The van der Waals surface area contributed by atoms with Gasteiger partial charge >= 0.3 is 5.97 Å². The zero-order valence-corrected chi connectivity index (χ0v) is 20.2. The Morgan fingerprint density at radius 3 is 2.59 bits per heavy atom. The third kappa shape index (κ3) is 4.57. The smallest absolute Gasteiger partial charge is 0.327 e. The van der Waals surface area contributed by atoms with E-state index in [-0.39, 0.29) is 16.2 Å². The summed E-state index contributed by atoms with van der Waals surface area (Å²) < 4.78 is 32.8. The number of esters is 1. The van der Waals surface area contributed by atoms with Gasteiger partial charge in [0.15, 0.2) is 6.61 Å². The lowest BCUT2D eigenvalue weighted by Crippen LogP contribution is -2.36. The summed E-state index contributed by atoms with van der Waals surface area (Å²) in [4.78, 5) is 37.4. The van der Waals surface area contributed by atoms with Crippen LogP contribution in [0.15, 0.2) is 46.9 Å². The van der Waals surface area contributed by atoms with Crippen LogP contribution in [0.5, 0.6) is 0 Å². The van der Waals surface area contributed by atoms with Crippen LogP contribution < -0.4 is 0 Å². The maximum Gasteiger partial charge on any atom is 0.327 e. The highest BCUT2D eigenvalue weighted by Gasteiger charge is 2.42. The van der Waals surface area contributed by atoms with Crippen molar-refractivity contribution >= 4 is 27.7 Å². The second-order valence-electron chi connectivity index (χ2n) is 8.69. The number of nitrogens with zero attached hydrogens (tertiary/aromatic N) is 2. The fourth-order valence-electron chi connectivity index (χ4n) is 4.59. The van der Waals surface area contributed by atoms with Crippen LogP contribution in [0.2, 0.25) is 0 Å². The number of ketones is 1. The molecule has 0 saturated heterocycles. The molecule has 8 nitrogen and oxygen atoms in total. The number of hydrogen-bond acceptors (Lipinski definition) is 6. The number of amides is 1. The van der Waals surface area contributed by atoms with Gasteiger partial charge in [0, 0.05) is 23.5 Å². The third-order valence-corrected chi connectivity index (χ3v) is 8.25. The highest BCUT2D eigenvalue weighted by Crippen LogP contribution is 2.29. The van der Waals surface area contributed by atoms with E-state index in [0.29, 0.717) is 9.87 Å². The molecule has 34 heavy (non-hydrogen) atoms. The molecule has 2 aliphatic rings. The van der Waals surface area contributed by atoms with Crippen LogP contribution in [0.3, 0.4) is 0 Å². The van der Waals surface area contributed by atoms with Crippen molar-refractivity contribution in [2.45, 2.75) is 57.4 Å². The molecule has 1 aliphatic heterocycles. The predicted octanol–water partition coefficient (Wildman–Crippen LogP) is 3.57. The molecule has 1 aromatic carbocycles. The molecule has 0 unspecified atom stereocenters. The summed E-state index contributed by atoms with van der Waals surface area (Å²) in [6.07, 6.45) is 7.98. The highest BCUT2D eigenvalue weighted by atomic mass is 32.2. The number of hydrogen-bond donors (Lipinski definition) is 0. The van der Waals surface area contributed by atoms with Crippen molar-refractivity contribution < 1.29 is 27.5 Å². The quantitative estimate of drug-likeness (QED) is 0.322. The fraction of sp³-hybridized carbons (Fsp3) is 0.400. The van der Waals surface area contributed by atoms with Gasteiger partial charge in [0.2, 0.25) is 5.78 Å². The van der Waals surface area contributed by atoms with Gasteiger partial charge in [0.1, 0.15) is 11.4 Å². The van der Waals surface area contributed by atoms with Crippen molar-refractivity contribution in [3.05, 3.63) is 64.5 Å². The fourth-order valence-corrected chi connectivity index (χ4v) is 6.10. The van der Waals surface area contributed by atoms with Gasteiger partial charge in [-0.3, -0.25) is 14.4 Å². The zero-order chi connectivity index (χ0) is 24.5. The molecule has 0 fully saturated rings. The lowest BCUT2D eigenvalue weighted by Gasteiger charge is -2.15. The average Bonchev–Trinajstić information content (AvgIpc) is 3.22. The van der Waals surface area contributed by atoms with Crippen molar-refractivity contribution in [3.63, 3.8) is 0 Å². The molecule has 2 heterocycles. The van der Waals surface area contributed by atoms with Crippen LogP contribution in [0, 0.1) is 13.8 Å². The standard InChI is InChI=1S/C25H28N2O6S/c1-17-14-21(18(2)26(17)13-12-19-8-4-3-5-9-19)22(28)16-33-24(29)15-27-25(30)20-10-6-7-11-23(20)34(27,31)32/h6-8,10-11,14H,3-5,9,12-13,15-16H2,1-2H3. The molecule has 0 atom stereocenters. The molecule has 1 amide bonds. The Kier molecular flexibility index (Phi) is 6.74. The van der Waals surface area contributed by atoms with Gasteiger partial charge in [-0.2, -0.15) is 0 Å².